The first kappa shape index (κ1) is 22.8. The van der Waals surface area contributed by atoms with Crippen molar-refractivity contribution in [1.82, 2.24) is 19.4 Å². The smallest absolute Gasteiger partial charge is 0.317 e. The maximum atomic E-state index is 13.5. The Bertz CT molecular complexity index is 843. The number of nitrogens with one attached hydrogen (secondary N) is 1. The van der Waals surface area contributed by atoms with Crippen molar-refractivity contribution in [3.8, 4) is 5.75 Å². The number of para-hydroxylation sites is 1. The number of ether oxygens (including phenoxy) is 1. The molecule has 0 saturated carbocycles. The Morgan fingerprint density at radius 2 is 1.93 bits per heavy atom. The minimum atomic E-state index is -3.70. The Hall–Kier alpha value is -1.84. The number of carbonyl (C=O) groups excluding carboxylic acids is 1. The molecular formula is C21H34N4O4S. The molecule has 0 bridgehead atoms. The third-order valence-corrected chi connectivity index (χ3v) is 7.57. The van der Waals surface area contributed by atoms with E-state index >= 15 is 0 Å². The molecule has 2 aliphatic rings. The number of rotatable bonds is 5. The largest absolute Gasteiger partial charge is 0.487 e. The topological polar surface area (TPSA) is 82.2 Å². The maximum absolute atomic E-state index is 13.5. The van der Waals surface area contributed by atoms with Crippen LogP contribution in [0.5, 0.6) is 5.75 Å². The zero-order valence-electron chi connectivity index (χ0n) is 18.4. The maximum Gasteiger partial charge on any atom is 0.317 e. The quantitative estimate of drug-likeness (QED) is 0.759. The lowest BCUT2D eigenvalue weighted by molar-refractivity contribution is 0.110. The van der Waals surface area contributed by atoms with E-state index in [0.29, 0.717) is 57.2 Å². The van der Waals surface area contributed by atoms with Gasteiger partial charge in [-0.25, -0.2) is 13.2 Å². The highest BCUT2D eigenvalue weighted by atomic mass is 32.2. The van der Waals surface area contributed by atoms with E-state index < -0.39 is 10.0 Å². The average Bonchev–Trinajstić information content (AvgIpc) is 2.93. The fraction of sp³-hybridized carbons (Fsp3) is 0.667. The van der Waals surface area contributed by atoms with Gasteiger partial charge in [0.25, 0.3) is 0 Å². The number of carbonyl (C=O) groups is 1. The van der Waals surface area contributed by atoms with E-state index in [9.17, 15) is 13.2 Å². The summed E-state index contributed by atoms with van der Waals surface area (Å²) in [7, 11) is 0.163. The van der Waals surface area contributed by atoms with Crippen LogP contribution in [0, 0.1) is 5.92 Å². The highest BCUT2D eigenvalue weighted by Gasteiger charge is 2.43. The number of likely N-dealkylation sites (N-methyl/N-ethyl adjacent to an activating group) is 1. The summed E-state index contributed by atoms with van der Waals surface area (Å²) in [6.07, 6.45) is 0.830. The van der Waals surface area contributed by atoms with E-state index in [1.165, 1.54) is 0 Å². The molecule has 8 nitrogen and oxygen atoms in total. The summed E-state index contributed by atoms with van der Waals surface area (Å²) in [4.78, 5) is 16.6. The fourth-order valence-electron chi connectivity index (χ4n) is 3.95. The van der Waals surface area contributed by atoms with Gasteiger partial charge in [-0.1, -0.05) is 26.0 Å². The summed E-state index contributed by atoms with van der Waals surface area (Å²) in [5, 5.41) is 2.96. The van der Waals surface area contributed by atoms with Crippen LogP contribution in [-0.2, 0) is 10.0 Å². The van der Waals surface area contributed by atoms with Crippen molar-refractivity contribution < 1.29 is 17.9 Å². The van der Waals surface area contributed by atoms with Gasteiger partial charge in [0.1, 0.15) is 16.7 Å². The van der Waals surface area contributed by atoms with Gasteiger partial charge in [0, 0.05) is 39.1 Å². The van der Waals surface area contributed by atoms with Crippen LogP contribution in [0.4, 0.5) is 4.79 Å². The molecule has 1 aromatic rings. The molecule has 0 aromatic heterocycles. The fourth-order valence-corrected chi connectivity index (χ4v) is 5.74. The van der Waals surface area contributed by atoms with Crippen LogP contribution in [0.25, 0.3) is 0 Å². The molecule has 1 N–H and O–H groups in total. The van der Waals surface area contributed by atoms with E-state index in [4.69, 9.17) is 4.74 Å². The molecule has 2 atom stereocenters. The lowest BCUT2D eigenvalue weighted by Gasteiger charge is -2.32. The Balaban J connectivity index is 1.87. The van der Waals surface area contributed by atoms with Crippen LogP contribution >= 0.6 is 0 Å². The third kappa shape index (κ3) is 5.07. The van der Waals surface area contributed by atoms with Crippen molar-refractivity contribution in [2.75, 3.05) is 46.8 Å². The third-order valence-electron chi connectivity index (χ3n) is 5.61. The molecule has 1 saturated heterocycles. The van der Waals surface area contributed by atoms with Gasteiger partial charge < -0.3 is 19.9 Å². The van der Waals surface area contributed by atoms with Gasteiger partial charge >= 0.3 is 6.03 Å². The summed E-state index contributed by atoms with van der Waals surface area (Å²) in [5.41, 5.74) is 0. The van der Waals surface area contributed by atoms with E-state index in [2.05, 4.69) is 19.2 Å². The Kier molecular flexibility index (Phi) is 7.26. The molecule has 0 radical (unpaired) electrons. The van der Waals surface area contributed by atoms with Crippen LogP contribution in [-0.4, -0.2) is 87.5 Å². The number of nitrogens with zero attached hydrogens (tertiary/aromatic N) is 3. The summed E-state index contributed by atoms with van der Waals surface area (Å²) in [6.45, 7) is 6.76. The van der Waals surface area contributed by atoms with Crippen LogP contribution in [0.1, 0.15) is 26.7 Å². The van der Waals surface area contributed by atoms with Crippen molar-refractivity contribution in [1.29, 1.82) is 0 Å². The zero-order chi connectivity index (χ0) is 21.9. The lowest BCUT2D eigenvalue weighted by atomic mass is 10.1. The molecule has 1 fully saturated rings. The minimum absolute atomic E-state index is 0.0942. The molecule has 0 aliphatic carbocycles. The van der Waals surface area contributed by atoms with Crippen LogP contribution in [0.2, 0.25) is 0 Å². The van der Waals surface area contributed by atoms with Gasteiger partial charge in [-0.2, -0.15) is 4.31 Å². The van der Waals surface area contributed by atoms with Gasteiger partial charge in [-0.15, -0.1) is 0 Å². The number of benzene rings is 1. The highest BCUT2D eigenvalue weighted by Crippen LogP contribution is 2.36. The standard InChI is InChI=1S/C21H34N4O4S/c1-16(2)15-22-21(26)24-11-9-17-18(10-12-24)29-19-7-5-6-8-20(19)30(27,28)25(17)14-13-23(3)4/h5-8,16-18H,9-15H2,1-4H3,(H,22,26)/t17-,18-/m0/s1. The first-order valence-electron chi connectivity index (χ1n) is 10.6. The van der Waals surface area contributed by atoms with Crippen molar-refractivity contribution in [2.24, 2.45) is 5.92 Å². The van der Waals surface area contributed by atoms with Gasteiger partial charge in [0.2, 0.25) is 10.0 Å². The second kappa shape index (κ2) is 9.53. The second-order valence-corrected chi connectivity index (χ2v) is 10.6. The minimum Gasteiger partial charge on any atom is -0.487 e. The van der Waals surface area contributed by atoms with Crippen LogP contribution in [0.15, 0.2) is 29.2 Å². The molecule has 9 heteroatoms. The number of urea groups is 1. The number of hydrogen-bond donors (Lipinski definition) is 1. The molecule has 1 aromatic carbocycles. The van der Waals surface area contributed by atoms with E-state index in [0.717, 1.165) is 0 Å². The predicted molar refractivity (Wildman–Crippen MR) is 116 cm³/mol. The summed E-state index contributed by atoms with van der Waals surface area (Å²) in [5.74, 6) is 0.774. The van der Waals surface area contributed by atoms with Crippen LogP contribution in [0.3, 0.4) is 0 Å². The van der Waals surface area contributed by atoms with Crippen LogP contribution < -0.4 is 10.1 Å². The van der Waals surface area contributed by atoms with Crippen molar-refractivity contribution >= 4 is 16.1 Å². The molecule has 2 aliphatic heterocycles. The van der Waals surface area contributed by atoms with Gasteiger partial charge in [0.15, 0.2) is 0 Å². The molecule has 0 unspecified atom stereocenters. The van der Waals surface area contributed by atoms with Crippen molar-refractivity contribution in [3.05, 3.63) is 24.3 Å². The predicted octanol–water partition coefficient (Wildman–Crippen LogP) is 1.83. The summed E-state index contributed by atoms with van der Waals surface area (Å²) >= 11 is 0. The summed E-state index contributed by atoms with van der Waals surface area (Å²) in [6, 6.07) is 6.45. The Morgan fingerprint density at radius 1 is 1.23 bits per heavy atom. The first-order valence-corrected chi connectivity index (χ1v) is 12.1. The van der Waals surface area contributed by atoms with Crippen molar-refractivity contribution in [3.63, 3.8) is 0 Å². The van der Waals surface area contributed by atoms with E-state index in [1.54, 1.807) is 33.5 Å². The first-order chi connectivity index (χ1) is 14.2. The number of amides is 2. The zero-order valence-corrected chi connectivity index (χ0v) is 19.2. The SMILES string of the molecule is CC(C)CNC(=O)N1CC[C@@H]2Oc3ccccc3S(=O)(=O)N(CCN(C)C)[C@H]2CC1. The number of hydrogen-bond acceptors (Lipinski definition) is 5. The molecule has 0 spiro atoms. The molecule has 2 heterocycles. The normalized spacial score (nSPS) is 23.9. The van der Waals surface area contributed by atoms with Crippen molar-refractivity contribution in [2.45, 2.75) is 43.7 Å². The highest BCUT2D eigenvalue weighted by molar-refractivity contribution is 7.89. The summed E-state index contributed by atoms with van der Waals surface area (Å²) < 4.78 is 34.9. The Labute approximate surface area is 180 Å². The molecule has 168 valence electrons. The van der Waals surface area contributed by atoms with Gasteiger partial charge in [-0.3, -0.25) is 0 Å². The molecule has 2 amide bonds. The number of likely N-dealkylation sites (tertiary alicyclic amines) is 1. The molecule has 3 rings (SSSR count). The number of fused-ring (bicyclic) bond motifs is 2. The van der Waals surface area contributed by atoms with E-state index in [-0.39, 0.29) is 23.1 Å². The number of sulfonamides is 1. The monoisotopic (exact) mass is 438 g/mol. The molecule has 30 heavy (non-hydrogen) atoms. The van der Waals surface area contributed by atoms with Gasteiger partial charge in [-0.05, 0) is 38.6 Å². The van der Waals surface area contributed by atoms with Gasteiger partial charge in [0.05, 0.1) is 6.04 Å². The average molecular weight is 439 g/mol. The van der Waals surface area contributed by atoms with E-state index in [1.807, 2.05) is 19.0 Å². The lowest BCUT2D eigenvalue weighted by Crippen LogP contribution is -2.49. The Morgan fingerprint density at radius 3 is 2.63 bits per heavy atom. The second-order valence-electron chi connectivity index (χ2n) is 8.73. The molecular weight excluding hydrogens is 404 g/mol.